The molecule has 1 fully saturated rings. The Bertz CT molecular complexity index is 409. The molecule has 1 heterocycles. The van der Waals surface area contributed by atoms with Crippen LogP contribution in [0.1, 0.15) is 26.2 Å². The van der Waals surface area contributed by atoms with Crippen molar-refractivity contribution in [2.24, 2.45) is 0 Å². The molecule has 1 aromatic carbocycles. The van der Waals surface area contributed by atoms with Crippen LogP contribution in [0.2, 0.25) is 0 Å². The zero-order chi connectivity index (χ0) is 13.7. The van der Waals surface area contributed by atoms with Crippen LogP contribution in [0, 0.1) is 0 Å². The average molecular weight is 264 g/mol. The summed E-state index contributed by atoms with van der Waals surface area (Å²) >= 11 is 0. The average Bonchev–Trinajstić information content (AvgIpc) is 2.45. The van der Waals surface area contributed by atoms with E-state index in [2.05, 4.69) is 17.6 Å². The molecule has 1 aliphatic heterocycles. The van der Waals surface area contributed by atoms with E-state index in [1.807, 2.05) is 18.2 Å². The van der Waals surface area contributed by atoms with Crippen LogP contribution < -0.4 is 20.1 Å². The minimum absolute atomic E-state index is 0.527. The zero-order valence-corrected chi connectivity index (χ0v) is 12.0. The molecule has 1 saturated heterocycles. The highest BCUT2D eigenvalue weighted by atomic mass is 16.5. The topological polar surface area (TPSA) is 42.5 Å². The van der Waals surface area contributed by atoms with Crippen LogP contribution in [0.5, 0.6) is 11.5 Å². The van der Waals surface area contributed by atoms with Gasteiger partial charge in [0, 0.05) is 24.7 Å². The van der Waals surface area contributed by atoms with Gasteiger partial charge >= 0.3 is 0 Å². The fourth-order valence-corrected chi connectivity index (χ4v) is 2.59. The third kappa shape index (κ3) is 3.77. The van der Waals surface area contributed by atoms with Crippen molar-refractivity contribution in [3.05, 3.63) is 18.2 Å². The lowest BCUT2D eigenvalue weighted by atomic mass is 9.99. The molecule has 106 valence electrons. The van der Waals surface area contributed by atoms with Crippen molar-refractivity contribution in [2.75, 3.05) is 26.1 Å². The molecule has 1 aliphatic rings. The highest BCUT2D eigenvalue weighted by Crippen LogP contribution is 2.29. The Kier molecular flexibility index (Phi) is 4.91. The van der Waals surface area contributed by atoms with Gasteiger partial charge in [0.2, 0.25) is 0 Å². The van der Waals surface area contributed by atoms with E-state index in [1.54, 1.807) is 14.2 Å². The summed E-state index contributed by atoms with van der Waals surface area (Å²) in [6.07, 6.45) is 3.80. The van der Waals surface area contributed by atoms with Crippen LogP contribution in [-0.4, -0.2) is 32.8 Å². The number of hydrogen-bond acceptors (Lipinski definition) is 4. The fourth-order valence-electron chi connectivity index (χ4n) is 2.59. The van der Waals surface area contributed by atoms with Crippen LogP contribution >= 0.6 is 0 Å². The summed E-state index contributed by atoms with van der Waals surface area (Å²) in [5, 5.41) is 7.08. The molecule has 0 saturated carbocycles. The van der Waals surface area contributed by atoms with E-state index in [-0.39, 0.29) is 0 Å². The molecule has 1 aromatic rings. The lowest BCUT2D eigenvalue weighted by Crippen LogP contribution is -2.44. The van der Waals surface area contributed by atoms with Crippen LogP contribution in [0.4, 0.5) is 5.69 Å². The van der Waals surface area contributed by atoms with Gasteiger partial charge in [0.15, 0.2) is 0 Å². The number of benzene rings is 1. The van der Waals surface area contributed by atoms with Gasteiger partial charge < -0.3 is 20.1 Å². The second kappa shape index (κ2) is 6.66. The SMILES string of the molecule is COc1ccc(OC)c(NCC2CCCC(C)N2)c1. The molecule has 19 heavy (non-hydrogen) atoms. The predicted molar refractivity (Wildman–Crippen MR) is 78.3 cm³/mol. The third-order valence-electron chi connectivity index (χ3n) is 3.66. The van der Waals surface area contributed by atoms with E-state index in [0.717, 1.165) is 23.7 Å². The van der Waals surface area contributed by atoms with Gasteiger partial charge in [-0.05, 0) is 31.9 Å². The molecule has 2 rings (SSSR count). The monoisotopic (exact) mass is 264 g/mol. The van der Waals surface area contributed by atoms with Crippen LogP contribution in [0.25, 0.3) is 0 Å². The molecule has 2 N–H and O–H groups in total. The van der Waals surface area contributed by atoms with Crippen LogP contribution in [0.3, 0.4) is 0 Å². The van der Waals surface area contributed by atoms with E-state index < -0.39 is 0 Å². The Balaban J connectivity index is 1.97. The maximum absolute atomic E-state index is 5.37. The quantitative estimate of drug-likeness (QED) is 0.858. The first-order chi connectivity index (χ1) is 9.22. The highest BCUT2D eigenvalue weighted by molar-refractivity contribution is 5.59. The van der Waals surface area contributed by atoms with Crippen molar-refractivity contribution >= 4 is 5.69 Å². The molecule has 0 radical (unpaired) electrons. The van der Waals surface area contributed by atoms with Crippen molar-refractivity contribution in [1.82, 2.24) is 5.32 Å². The fraction of sp³-hybridized carbons (Fsp3) is 0.600. The molecule has 2 atom stereocenters. The zero-order valence-electron chi connectivity index (χ0n) is 12.0. The summed E-state index contributed by atoms with van der Waals surface area (Å²) in [5.74, 6) is 1.69. The molecular weight excluding hydrogens is 240 g/mol. The number of ether oxygens (including phenoxy) is 2. The van der Waals surface area contributed by atoms with Gasteiger partial charge in [0.05, 0.1) is 19.9 Å². The number of methoxy groups -OCH3 is 2. The second-order valence-corrected chi connectivity index (χ2v) is 5.14. The minimum atomic E-state index is 0.527. The van der Waals surface area contributed by atoms with Gasteiger partial charge in [-0.2, -0.15) is 0 Å². The Morgan fingerprint density at radius 1 is 1.26 bits per heavy atom. The summed E-state index contributed by atoms with van der Waals surface area (Å²) in [5.41, 5.74) is 0.988. The number of rotatable bonds is 5. The summed E-state index contributed by atoms with van der Waals surface area (Å²) in [6.45, 7) is 3.16. The summed E-state index contributed by atoms with van der Waals surface area (Å²) in [4.78, 5) is 0. The minimum Gasteiger partial charge on any atom is -0.497 e. The summed E-state index contributed by atoms with van der Waals surface area (Å²) in [7, 11) is 3.36. The van der Waals surface area contributed by atoms with Gasteiger partial charge in [0.1, 0.15) is 11.5 Å². The first-order valence-electron chi connectivity index (χ1n) is 6.95. The largest absolute Gasteiger partial charge is 0.497 e. The Labute approximate surface area is 115 Å². The Morgan fingerprint density at radius 3 is 2.79 bits per heavy atom. The van der Waals surface area contributed by atoms with E-state index >= 15 is 0 Å². The van der Waals surface area contributed by atoms with Gasteiger partial charge in [-0.3, -0.25) is 0 Å². The van der Waals surface area contributed by atoms with Crippen LogP contribution in [0.15, 0.2) is 18.2 Å². The van der Waals surface area contributed by atoms with Crippen molar-refractivity contribution in [2.45, 2.75) is 38.3 Å². The first kappa shape index (κ1) is 14.0. The van der Waals surface area contributed by atoms with Crippen molar-refractivity contribution < 1.29 is 9.47 Å². The molecular formula is C15H24N2O2. The van der Waals surface area contributed by atoms with E-state index in [0.29, 0.717) is 12.1 Å². The maximum atomic E-state index is 5.37. The lowest BCUT2D eigenvalue weighted by molar-refractivity contribution is 0.344. The number of nitrogens with one attached hydrogen (secondary N) is 2. The smallest absolute Gasteiger partial charge is 0.142 e. The number of piperidine rings is 1. The molecule has 2 unspecified atom stereocenters. The molecule has 4 heteroatoms. The van der Waals surface area contributed by atoms with Gasteiger partial charge in [-0.25, -0.2) is 0 Å². The Hall–Kier alpha value is -1.42. The van der Waals surface area contributed by atoms with Gasteiger partial charge in [0.25, 0.3) is 0 Å². The maximum Gasteiger partial charge on any atom is 0.142 e. The first-order valence-corrected chi connectivity index (χ1v) is 6.95. The Morgan fingerprint density at radius 2 is 2.11 bits per heavy atom. The number of hydrogen-bond donors (Lipinski definition) is 2. The van der Waals surface area contributed by atoms with E-state index in [1.165, 1.54) is 19.3 Å². The lowest BCUT2D eigenvalue weighted by Gasteiger charge is -2.29. The van der Waals surface area contributed by atoms with Crippen molar-refractivity contribution in [3.8, 4) is 11.5 Å². The van der Waals surface area contributed by atoms with Crippen LogP contribution in [-0.2, 0) is 0 Å². The molecule has 0 aliphatic carbocycles. The molecule has 0 amide bonds. The molecule has 0 bridgehead atoms. The predicted octanol–water partition coefficient (Wildman–Crippen LogP) is 2.65. The van der Waals surface area contributed by atoms with E-state index in [4.69, 9.17) is 9.47 Å². The summed E-state index contributed by atoms with van der Waals surface area (Å²) < 4.78 is 10.6. The second-order valence-electron chi connectivity index (χ2n) is 5.14. The summed E-state index contributed by atoms with van der Waals surface area (Å²) in [6, 6.07) is 6.96. The molecule has 0 aromatic heterocycles. The third-order valence-corrected chi connectivity index (χ3v) is 3.66. The van der Waals surface area contributed by atoms with Gasteiger partial charge in [-0.15, -0.1) is 0 Å². The standard InChI is InChI=1S/C15H24N2O2/c1-11-5-4-6-12(17-11)10-16-14-9-13(18-2)7-8-15(14)19-3/h7-9,11-12,16-17H,4-6,10H2,1-3H3. The van der Waals surface area contributed by atoms with Crippen molar-refractivity contribution in [3.63, 3.8) is 0 Å². The highest BCUT2D eigenvalue weighted by Gasteiger charge is 2.17. The molecule has 4 nitrogen and oxygen atoms in total. The van der Waals surface area contributed by atoms with Gasteiger partial charge in [-0.1, -0.05) is 6.42 Å². The molecule has 0 spiro atoms. The van der Waals surface area contributed by atoms with E-state index in [9.17, 15) is 0 Å². The normalized spacial score (nSPS) is 22.9. The number of anilines is 1. The van der Waals surface area contributed by atoms with Crippen molar-refractivity contribution in [1.29, 1.82) is 0 Å².